The van der Waals surface area contributed by atoms with Crippen molar-refractivity contribution in [2.45, 2.75) is 36.7 Å². The number of ether oxygens (including phenoxy) is 3. The second-order valence-electron chi connectivity index (χ2n) is 7.95. The van der Waals surface area contributed by atoms with E-state index >= 15 is 0 Å². The lowest BCUT2D eigenvalue weighted by Crippen LogP contribution is -2.64. The molecular formula is C19H21NO7. The Morgan fingerprint density at radius 2 is 2.11 bits per heavy atom. The van der Waals surface area contributed by atoms with Gasteiger partial charge in [0.2, 0.25) is 5.72 Å². The van der Waals surface area contributed by atoms with E-state index in [1.54, 1.807) is 0 Å². The van der Waals surface area contributed by atoms with Gasteiger partial charge in [-0.15, -0.1) is 0 Å². The first-order valence-electron chi connectivity index (χ1n) is 9.14. The first kappa shape index (κ1) is 16.9. The summed E-state index contributed by atoms with van der Waals surface area (Å²) in [7, 11) is 2.71. The highest BCUT2D eigenvalue weighted by atomic mass is 16.6. The molecule has 0 radical (unpaired) electrons. The van der Waals surface area contributed by atoms with E-state index in [0.717, 1.165) is 0 Å². The number of carbonyl (C=O) groups is 3. The van der Waals surface area contributed by atoms with Crippen LogP contribution < -0.4 is 0 Å². The highest BCUT2D eigenvalue weighted by molar-refractivity contribution is 5.97. The average molecular weight is 375 g/mol. The molecule has 27 heavy (non-hydrogen) atoms. The molecule has 1 saturated carbocycles. The molecule has 0 aromatic carbocycles. The summed E-state index contributed by atoms with van der Waals surface area (Å²) in [6.07, 6.45) is 4.13. The molecule has 5 aliphatic rings. The van der Waals surface area contributed by atoms with Crippen molar-refractivity contribution in [1.82, 2.24) is 4.90 Å². The van der Waals surface area contributed by atoms with Gasteiger partial charge in [-0.3, -0.25) is 14.5 Å². The number of ketones is 2. The van der Waals surface area contributed by atoms with E-state index in [2.05, 4.69) is 0 Å². The molecule has 2 aliphatic heterocycles. The van der Waals surface area contributed by atoms with Crippen LogP contribution in [0.1, 0.15) is 19.3 Å². The van der Waals surface area contributed by atoms with Crippen LogP contribution in [-0.2, 0) is 23.8 Å². The summed E-state index contributed by atoms with van der Waals surface area (Å²) in [5.74, 6) is -1.43. The molecule has 0 aromatic heterocycles. The van der Waals surface area contributed by atoms with Crippen LogP contribution in [0.4, 0.5) is 4.79 Å². The molecule has 3 fully saturated rings. The molecule has 8 nitrogen and oxygen atoms in total. The van der Waals surface area contributed by atoms with Crippen molar-refractivity contribution in [3.05, 3.63) is 24.0 Å². The third-order valence-corrected chi connectivity index (χ3v) is 7.24. The van der Waals surface area contributed by atoms with E-state index in [1.807, 2.05) is 12.2 Å². The van der Waals surface area contributed by atoms with E-state index < -0.39 is 40.8 Å². The van der Waals surface area contributed by atoms with Crippen LogP contribution in [-0.4, -0.2) is 65.9 Å². The second kappa shape index (κ2) is 4.99. The van der Waals surface area contributed by atoms with Gasteiger partial charge in [-0.25, -0.2) is 4.79 Å². The van der Waals surface area contributed by atoms with Crippen LogP contribution in [0.2, 0.25) is 0 Å². The van der Waals surface area contributed by atoms with Gasteiger partial charge in [0, 0.05) is 25.0 Å². The Morgan fingerprint density at radius 1 is 1.33 bits per heavy atom. The van der Waals surface area contributed by atoms with Crippen LogP contribution in [0.5, 0.6) is 0 Å². The van der Waals surface area contributed by atoms with Gasteiger partial charge in [-0.1, -0.05) is 12.2 Å². The van der Waals surface area contributed by atoms with E-state index in [1.165, 1.54) is 25.2 Å². The number of methoxy groups -OCH3 is 2. The van der Waals surface area contributed by atoms with E-state index in [0.29, 0.717) is 12.8 Å². The molecule has 5 rings (SSSR count). The minimum atomic E-state index is -1.38. The molecule has 2 bridgehead atoms. The summed E-state index contributed by atoms with van der Waals surface area (Å²) >= 11 is 0. The summed E-state index contributed by atoms with van der Waals surface area (Å²) in [4.78, 5) is 39.4. The Labute approximate surface area is 155 Å². The first-order valence-corrected chi connectivity index (χ1v) is 9.14. The average Bonchev–Trinajstić information content (AvgIpc) is 3.09. The van der Waals surface area contributed by atoms with E-state index in [4.69, 9.17) is 14.2 Å². The van der Waals surface area contributed by atoms with Crippen molar-refractivity contribution < 1.29 is 33.7 Å². The zero-order valence-electron chi connectivity index (χ0n) is 15.1. The largest absolute Gasteiger partial charge is 0.496 e. The topological polar surface area (TPSA) is 102 Å². The number of hydrogen-bond donors (Lipinski definition) is 1. The van der Waals surface area contributed by atoms with Gasteiger partial charge < -0.3 is 19.3 Å². The lowest BCUT2D eigenvalue weighted by Gasteiger charge is -2.52. The number of rotatable bonds is 1. The molecule has 144 valence electrons. The maximum Gasteiger partial charge on any atom is 0.412 e. The number of aliphatic hydroxyl groups excluding tert-OH is 1. The minimum absolute atomic E-state index is 0.172. The second-order valence-corrected chi connectivity index (χ2v) is 7.95. The number of likely N-dealkylation sites (tertiary alicyclic amines) is 1. The standard InChI is InChI=1S/C19H21NO7/c1-25-13-9-12(22)10-3-5-17-6-4-11(21)14(23)15(17)18(10)7-8-20(16(24)26-2)19(13,18)27-17/h3,5,9-10,14-15,23H,4,6-8H2,1-2H3/t10-,14+,15-,17+,18+,19+/m1/s1. The zero-order chi connectivity index (χ0) is 19.2. The van der Waals surface area contributed by atoms with Gasteiger partial charge in [0.15, 0.2) is 17.3 Å². The molecule has 2 heterocycles. The summed E-state index contributed by atoms with van der Waals surface area (Å²) in [6, 6.07) is 0. The molecule has 0 unspecified atom stereocenters. The quantitative estimate of drug-likeness (QED) is 0.668. The highest BCUT2D eigenvalue weighted by Gasteiger charge is 2.84. The van der Waals surface area contributed by atoms with Crippen molar-refractivity contribution in [1.29, 1.82) is 0 Å². The van der Waals surface area contributed by atoms with Gasteiger partial charge in [0.05, 0.1) is 31.2 Å². The van der Waals surface area contributed by atoms with Crippen molar-refractivity contribution >= 4 is 17.7 Å². The van der Waals surface area contributed by atoms with Gasteiger partial charge >= 0.3 is 6.09 Å². The molecule has 0 aromatic rings. The Hall–Kier alpha value is -2.19. The summed E-state index contributed by atoms with van der Waals surface area (Å²) in [6.45, 7) is 0.276. The van der Waals surface area contributed by atoms with Crippen molar-refractivity contribution in [2.24, 2.45) is 17.3 Å². The molecule has 1 N–H and O–H groups in total. The zero-order valence-corrected chi connectivity index (χ0v) is 15.1. The Morgan fingerprint density at radius 3 is 2.81 bits per heavy atom. The summed E-state index contributed by atoms with van der Waals surface area (Å²) in [5, 5.41) is 10.9. The number of aliphatic hydroxyl groups is 1. The molecule has 6 atom stereocenters. The molecule has 3 aliphatic carbocycles. The lowest BCUT2D eigenvalue weighted by atomic mass is 9.49. The van der Waals surface area contributed by atoms with Crippen LogP contribution in [0.3, 0.4) is 0 Å². The Bertz CT molecular complexity index is 834. The van der Waals surface area contributed by atoms with Gasteiger partial charge in [-0.05, 0) is 12.8 Å². The molecule has 8 heteroatoms. The van der Waals surface area contributed by atoms with Crippen molar-refractivity contribution in [3.63, 3.8) is 0 Å². The fourth-order valence-corrected chi connectivity index (χ4v) is 6.39. The third-order valence-electron chi connectivity index (χ3n) is 7.24. The van der Waals surface area contributed by atoms with Crippen LogP contribution in [0.25, 0.3) is 0 Å². The normalized spacial score (nSPS) is 46.7. The highest BCUT2D eigenvalue weighted by Crippen LogP contribution is 2.73. The third kappa shape index (κ3) is 1.57. The fourth-order valence-electron chi connectivity index (χ4n) is 6.39. The SMILES string of the molecule is COC(=O)N1CC[C@]23[C@@H]4C=C[C@@]5(CCC(=O)[C@H](O)[C@@H]25)O[C@]13C(OC)=CC4=O. The van der Waals surface area contributed by atoms with Gasteiger partial charge in [0.1, 0.15) is 6.10 Å². The molecular weight excluding hydrogens is 354 g/mol. The summed E-state index contributed by atoms with van der Waals surface area (Å²) in [5.41, 5.74) is -3.28. The number of amides is 1. The maximum atomic E-state index is 12.9. The molecule has 1 amide bonds. The smallest absolute Gasteiger partial charge is 0.412 e. The maximum absolute atomic E-state index is 12.9. The van der Waals surface area contributed by atoms with Crippen molar-refractivity contribution in [3.8, 4) is 0 Å². The number of Topliss-reactive ketones (excluding diaryl/α,β-unsaturated/α-hetero) is 1. The number of nitrogens with zero attached hydrogens (tertiary/aromatic N) is 1. The number of hydrogen-bond acceptors (Lipinski definition) is 7. The summed E-state index contributed by atoms with van der Waals surface area (Å²) < 4.78 is 17.2. The Kier molecular flexibility index (Phi) is 3.13. The molecule has 1 spiro atoms. The predicted octanol–water partition coefficient (Wildman–Crippen LogP) is 0.549. The van der Waals surface area contributed by atoms with Crippen LogP contribution in [0, 0.1) is 17.3 Å². The monoisotopic (exact) mass is 375 g/mol. The minimum Gasteiger partial charge on any atom is -0.496 e. The Balaban J connectivity index is 1.83. The first-order chi connectivity index (χ1) is 12.9. The predicted molar refractivity (Wildman–Crippen MR) is 89.2 cm³/mol. The number of carbonyl (C=O) groups excluding carboxylic acids is 3. The van der Waals surface area contributed by atoms with Crippen LogP contribution >= 0.6 is 0 Å². The number of allylic oxidation sites excluding steroid dienone is 2. The molecule has 2 saturated heterocycles. The van der Waals surface area contributed by atoms with E-state index in [9.17, 15) is 19.5 Å². The fraction of sp³-hybridized carbons (Fsp3) is 0.632. The van der Waals surface area contributed by atoms with Gasteiger partial charge in [0.25, 0.3) is 0 Å². The lowest BCUT2D eigenvalue weighted by molar-refractivity contribution is -0.177. The van der Waals surface area contributed by atoms with E-state index in [-0.39, 0.29) is 30.3 Å². The van der Waals surface area contributed by atoms with Crippen molar-refractivity contribution in [2.75, 3.05) is 20.8 Å². The van der Waals surface area contributed by atoms with Gasteiger partial charge in [-0.2, -0.15) is 0 Å². The van der Waals surface area contributed by atoms with Crippen LogP contribution in [0.15, 0.2) is 24.0 Å².